The first-order valence-electron chi connectivity index (χ1n) is 3.53. The van der Waals surface area contributed by atoms with Crippen LogP contribution in [0.1, 0.15) is 0 Å². The van der Waals surface area contributed by atoms with E-state index >= 15 is 0 Å². The molecule has 5 heteroatoms. The van der Waals surface area contributed by atoms with Crippen molar-refractivity contribution in [2.24, 2.45) is 0 Å². The van der Waals surface area contributed by atoms with Gasteiger partial charge in [-0.15, -0.1) is 0 Å². The molecule has 0 radical (unpaired) electrons. The van der Waals surface area contributed by atoms with Crippen LogP contribution < -0.4 is 0 Å². The van der Waals surface area contributed by atoms with Gasteiger partial charge in [0.15, 0.2) is 0 Å². The molecule has 0 N–H and O–H groups in total. The molecule has 0 unspecified atom stereocenters. The first kappa shape index (κ1) is 18.8. The molecule has 0 fully saturated rings. The van der Waals surface area contributed by atoms with Gasteiger partial charge in [-0.25, -0.2) is 0 Å². The summed E-state index contributed by atoms with van der Waals surface area (Å²) in [7, 11) is 10.1. The van der Waals surface area contributed by atoms with Crippen molar-refractivity contribution in [3.8, 4) is 0 Å². The minimum absolute atomic E-state index is 0.120. The van der Waals surface area contributed by atoms with Crippen molar-refractivity contribution in [1.82, 2.24) is 0 Å². The zero-order valence-corrected chi connectivity index (χ0v) is 14.9. The first-order chi connectivity index (χ1) is 4.88. The van der Waals surface area contributed by atoms with Crippen LogP contribution in [-0.4, -0.2) is 40.0 Å². The summed E-state index contributed by atoms with van der Waals surface area (Å²) in [6.07, 6.45) is 0. The molecule has 0 bridgehead atoms. The SMILES string of the molecule is C[PH+](C)C.C[PH+](C)C.[Cl][Zn][Cl]. The molecule has 68 valence electrons. The van der Waals surface area contributed by atoms with Gasteiger partial charge in [-0.3, -0.25) is 0 Å². The summed E-state index contributed by atoms with van der Waals surface area (Å²) in [4.78, 5) is 0. The molecule has 0 atom stereocenters. The molecule has 0 nitrogen and oxygen atoms in total. The summed E-state index contributed by atoms with van der Waals surface area (Å²) in [5.74, 6) is 0. The minimum atomic E-state index is -0.931. The third-order valence-electron chi connectivity index (χ3n) is 0. The Bertz CT molecular complexity index is 42.3. The topological polar surface area (TPSA) is 0 Å². The van der Waals surface area contributed by atoms with E-state index in [0.717, 1.165) is 0 Å². The Labute approximate surface area is 90.0 Å². The van der Waals surface area contributed by atoms with Crippen molar-refractivity contribution in [2.75, 3.05) is 40.0 Å². The van der Waals surface area contributed by atoms with Gasteiger partial charge < -0.3 is 0 Å². The van der Waals surface area contributed by atoms with Gasteiger partial charge in [-0.05, 0) is 15.8 Å². The molecule has 0 aliphatic rings. The van der Waals surface area contributed by atoms with Crippen LogP contribution in [-0.2, 0) is 15.1 Å². The second-order valence-corrected chi connectivity index (χ2v) is 13.7. The predicted molar refractivity (Wildman–Crippen MR) is 63.9 cm³/mol. The molecule has 0 aliphatic heterocycles. The molecule has 0 saturated heterocycles. The van der Waals surface area contributed by atoms with Crippen LogP contribution in [0.25, 0.3) is 0 Å². The Morgan fingerprint density at radius 3 is 0.727 bits per heavy atom. The summed E-state index contributed by atoms with van der Waals surface area (Å²) in [5.41, 5.74) is 0. The number of rotatable bonds is 0. The van der Waals surface area contributed by atoms with Gasteiger partial charge in [0.05, 0.1) is 0 Å². The van der Waals surface area contributed by atoms with E-state index in [-0.39, 0.29) is 15.8 Å². The zero-order chi connectivity index (χ0) is 9.86. The van der Waals surface area contributed by atoms with Crippen LogP contribution in [0.2, 0.25) is 0 Å². The maximum absolute atomic E-state index is 4.95. The Hall–Kier alpha value is 2.06. The molecule has 11 heavy (non-hydrogen) atoms. The van der Waals surface area contributed by atoms with E-state index in [4.69, 9.17) is 19.4 Å². The molecule has 0 heterocycles. The normalized spacial score (nSPS) is 7.45. The van der Waals surface area contributed by atoms with Gasteiger partial charge in [-0.2, -0.15) is 0 Å². The summed E-state index contributed by atoms with van der Waals surface area (Å²) in [5, 5.41) is 0. The van der Waals surface area contributed by atoms with Crippen LogP contribution in [0.5, 0.6) is 0 Å². The molecule has 0 aromatic rings. The van der Waals surface area contributed by atoms with Gasteiger partial charge in [0, 0.05) is 40.0 Å². The zero-order valence-electron chi connectivity index (χ0n) is 8.46. The molecule has 0 spiro atoms. The number of hydrogen-bond acceptors (Lipinski definition) is 0. The standard InChI is InChI=1S/2C3H9P.2ClH.Zn/c2*1-4(2)3;;;/h2*1-3H3;2*1H;/q;;;;+2. The van der Waals surface area contributed by atoms with Crippen LogP contribution in [0, 0.1) is 0 Å². The molecule has 0 aromatic heterocycles. The average molecular weight is 290 g/mol. The van der Waals surface area contributed by atoms with Gasteiger partial charge in [0.2, 0.25) is 0 Å². The van der Waals surface area contributed by atoms with Crippen molar-refractivity contribution in [3.05, 3.63) is 0 Å². The van der Waals surface area contributed by atoms with E-state index in [1.54, 1.807) is 0 Å². The van der Waals surface area contributed by atoms with E-state index in [1.165, 1.54) is 0 Å². The second kappa shape index (κ2) is 18.0. The summed E-state index contributed by atoms with van der Waals surface area (Å²) in [6.45, 7) is 13.6. The predicted octanol–water partition coefficient (Wildman–Crippen LogP) is 3.56. The van der Waals surface area contributed by atoms with Crippen molar-refractivity contribution in [3.63, 3.8) is 0 Å². The molecule has 0 aromatic carbocycles. The summed E-state index contributed by atoms with van der Waals surface area (Å²) >= 11 is -0.931. The average Bonchev–Trinajstić information content (AvgIpc) is 1.60. The van der Waals surface area contributed by atoms with Crippen LogP contribution in [0.4, 0.5) is 0 Å². The first-order valence-corrected chi connectivity index (χ1v) is 17.3. The van der Waals surface area contributed by atoms with Crippen molar-refractivity contribution in [1.29, 1.82) is 0 Å². The Morgan fingerprint density at radius 1 is 0.727 bits per heavy atom. The van der Waals surface area contributed by atoms with Crippen LogP contribution in [0.3, 0.4) is 0 Å². The van der Waals surface area contributed by atoms with E-state index in [1.807, 2.05) is 0 Å². The Balaban J connectivity index is -0.0000000886. The van der Waals surface area contributed by atoms with E-state index in [2.05, 4.69) is 40.0 Å². The monoisotopic (exact) mass is 288 g/mol. The summed E-state index contributed by atoms with van der Waals surface area (Å²) < 4.78 is 0. The maximum atomic E-state index is 4.95. The Morgan fingerprint density at radius 2 is 0.727 bits per heavy atom. The molecular formula is C6H20Cl2P2Zn+2. The molecule has 0 saturated carbocycles. The van der Waals surface area contributed by atoms with Gasteiger partial charge in [0.25, 0.3) is 0 Å². The summed E-state index contributed by atoms with van der Waals surface area (Å²) in [6, 6.07) is 0. The van der Waals surface area contributed by atoms with Crippen LogP contribution in [0.15, 0.2) is 0 Å². The number of halogens is 2. The van der Waals surface area contributed by atoms with Crippen molar-refractivity contribution in [2.45, 2.75) is 0 Å². The fourth-order valence-corrected chi connectivity index (χ4v) is 0. The van der Waals surface area contributed by atoms with E-state index < -0.39 is 15.1 Å². The van der Waals surface area contributed by atoms with Crippen molar-refractivity contribution < 1.29 is 15.1 Å². The number of hydrogen-bond donors (Lipinski definition) is 0. The second-order valence-electron chi connectivity index (χ2n) is 3.10. The fraction of sp³-hybridized carbons (Fsp3) is 1.00. The van der Waals surface area contributed by atoms with E-state index in [9.17, 15) is 0 Å². The molecule has 0 rings (SSSR count). The molecule has 0 aliphatic carbocycles. The van der Waals surface area contributed by atoms with Crippen molar-refractivity contribution >= 4 is 35.2 Å². The third-order valence-corrected chi connectivity index (χ3v) is 0. The molecule has 0 amide bonds. The third kappa shape index (κ3) is 287. The molecular weight excluding hydrogens is 270 g/mol. The van der Waals surface area contributed by atoms with Crippen LogP contribution >= 0.6 is 35.2 Å². The van der Waals surface area contributed by atoms with Gasteiger partial charge >= 0.3 is 34.5 Å². The quantitative estimate of drug-likeness (QED) is 0.473. The van der Waals surface area contributed by atoms with Gasteiger partial charge in [0.1, 0.15) is 0 Å². The van der Waals surface area contributed by atoms with Gasteiger partial charge in [-0.1, -0.05) is 0 Å². The Kier molecular flexibility index (Phi) is 30.7. The fourth-order valence-electron chi connectivity index (χ4n) is 0. The van der Waals surface area contributed by atoms with E-state index in [0.29, 0.717) is 0 Å².